The van der Waals surface area contributed by atoms with Gasteiger partial charge in [0.1, 0.15) is 12.2 Å². The molecule has 1 aromatic rings. The lowest BCUT2D eigenvalue weighted by Gasteiger charge is -2.00. The van der Waals surface area contributed by atoms with Crippen LogP contribution in [-0.4, -0.2) is 16.9 Å². The zero-order chi connectivity index (χ0) is 11.3. The average molecular weight is 227 g/mol. The number of hydrogen-bond donors (Lipinski definition) is 1. The SMILES string of the molecule is O=C(O)CC(=O)CCc1cccc(Cl)c1. The molecular formula is C11H11ClO3. The van der Waals surface area contributed by atoms with Crippen LogP contribution < -0.4 is 0 Å². The molecule has 0 aliphatic rings. The van der Waals surface area contributed by atoms with Crippen molar-refractivity contribution < 1.29 is 14.7 Å². The number of Topliss-reactive ketones (excluding diaryl/α,β-unsaturated/α-hetero) is 1. The van der Waals surface area contributed by atoms with Gasteiger partial charge in [0.05, 0.1) is 0 Å². The van der Waals surface area contributed by atoms with Gasteiger partial charge in [0.2, 0.25) is 0 Å². The predicted octanol–water partition coefficient (Wildman–Crippen LogP) is 2.32. The summed E-state index contributed by atoms with van der Waals surface area (Å²) in [6.07, 6.45) is 0.375. The van der Waals surface area contributed by atoms with E-state index in [0.29, 0.717) is 11.4 Å². The molecule has 1 N–H and O–H groups in total. The zero-order valence-corrected chi connectivity index (χ0v) is 8.83. The van der Waals surface area contributed by atoms with Crippen LogP contribution in [0.1, 0.15) is 18.4 Å². The number of aliphatic carboxylic acids is 1. The molecule has 0 heterocycles. The summed E-state index contributed by atoms with van der Waals surface area (Å²) in [5.74, 6) is -1.34. The standard InChI is InChI=1S/C11H11ClO3/c12-9-3-1-2-8(6-9)4-5-10(13)7-11(14)15/h1-3,6H,4-5,7H2,(H,14,15). The van der Waals surface area contributed by atoms with Crippen LogP contribution in [-0.2, 0) is 16.0 Å². The molecule has 0 bridgehead atoms. The molecule has 1 aromatic carbocycles. The average Bonchev–Trinajstić information content (AvgIpc) is 2.14. The first-order valence-electron chi connectivity index (χ1n) is 4.56. The summed E-state index contributed by atoms with van der Waals surface area (Å²) >= 11 is 5.77. The third-order valence-corrected chi connectivity index (χ3v) is 2.17. The van der Waals surface area contributed by atoms with Crippen LogP contribution in [0.5, 0.6) is 0 Å². The molecule has 3 nitrogen and oxygen atoms in total. The summed E-state index contributed by atoms with van der Waals surface area (Å²) in [5.41, 5.74) is 0.946. The van der Waals surface area contributed by atoms with Crippen molar-refractivity contribution >= 4 is 23.4 Å². The molecule has 0 aliphatic heterocycles. The molecule has 80 valence electrons. The van der Waals surface area contributed by atoms with E-state index >= 15 is 0 Å². The van der Waals surface area contributed by atoms with Crippen LogP contribution in [0.15, 0.2) is 24.3 Å². The van der Waals surface area contributed by atoms with Crippen LogP contribution in [0.2, 0.25) is 5.02 Å². The second kappa shape index (κ2) is 5.51. The van der Waals surface area contributed by atoms with Crippen LogP contribution in [0.4, 0.5) is 0 Å². The molecule has 0 aliphatic carbocycles. The number of benzene rings is 1. The lowest BCUT2D eigenvalue weighted by molar-refractivity contribution is -0.140. The topological polar surface area (TPSA) is 54.4 Å². The van der Waals surface area contributed by atoms with Gasteiger partial charge >= 0.3 is 5.97 Å². The lowest BCUT2D eigenvalue weighted by atomic mass is 10.1. The van der Waals surface area contributed by atoms with Gasteiger partial charge in [0, 0.05) is 11.4 Å². The summed E-state index contributed by atoms with van der Waals surface area (Å²) < 4.78 is 0. The van der Waals surface area contributed by atoms with E-state index in [1.54, 1.807) is 18.2 Å². The van der Waals surface area contributed by atoms with Crippen molar-refractivity contribution in [1.82, 2.24) is 0 Å². The van der Waals surface area contributed by atoms with Gasteiger partial charge in [0.25, 0.3) is 0 Å². The Morgan fingerprint density at radius 1 is 1.33 bits per heavy atom. The molecular weight excluding hydrogens is 216 g/mol. The lowest BCUT2D eigenvalue weighted by Crippen LogP contribution is -2.07. The number of ketones is 1. The fourth-order valence-electron chi connectivity index (χ4n) is 1.23. The van der Waals surface area contributed by atoms with E-state index in [9.17, 15) is 9.59 Å². The largest absolute Gasteiger partial charge is 0.481 e. The van der Waals surface area contributed by atoms with Gasteiger partial charge in [-0.3, -0.25) is 9.59 Å². The van der Waals surface area contributed by atoms with Crippen molar-refractivity contribution in [3.05, 3.63) is 34.9 Å². The van der Waals surface area contributed by atoms with Crippen LogP contribution in [0.3, 0.4) is 0 Å². The highest BCUT2D eigenvalue weighted by atomic mass is 35.5. The molecule has 1 rings (SSSR count). The molecule has 4 heteroatoms. The number of carbonyl (C=O) groups is 2. The highest BCUT2D eigenvalue weighted by molar-refractivity contribution is 6.30. The molecule has 0 unspecified atom stereocenters. The van der Waals surface area contributed by atoms with E-state index in [-0.39, 0.29) is 12.2 Å². The Labute approximate surface area is 92.7 Å². The van der Waals surface area contributed by atoms with Crippen molar-refractivity contribution in [2.24, 2.45) is 0 Å². The first kappa shape index (κ1) is 11.7. The fraction of sp³-hybridized carbons (Fsp3) is 0.273. The summed E-state index contributed by atoms with van der Waals surface area (Å²) in [6, 6.07) is 7.19. The van der Waals surface area contributed by atoms with E-state index in [1.807, 2.05) is 6.07 Å². The summed E-state index contributed by atoms with van der Waals surface area (Å²) in [5, 5.41) is 9.01. The van der Waals surface area contributed by atoms with Gasteiger partial charge in [-0.2, -0.15) is 0 Å². The fourth-order valence-corrected chi connectivity index (χ4v) is 1.45. The van der Waals surface area contributed by atoms with Crippen LogP contribution in [0, 0.1) is 0 Å². The monoisotopic (exact) mass is 226 g/mol. The van der Waals surface area contributed by atoms with Gasteiger partial charge in [-0.25, -0.2) is 0 Å². The van der Waals surface area contributed by atoms with E-state index in [4.69, 9.17) is 16.7 Å². The molecule has 0 aromatic heterocycles. The first-order valence-corrected chi connectivity index (χ1v) is 4.93. The number of hydrogen-bond acceptors (Lipinski definition) is 2. The van der Waals surface area contributed by atoms with E-state index in [1.165, 1.54) is 0 Å². The van der Waals surface area contributed by atoms with Crippen LogP contribution >= 0.6 is 11.6 Å². The number of halogens is 1. The number of carboxylic acid groups (broad SMARTS) is 1. The Bertz CT molecular complexity index is 374. The Morgan fingerprint density at radius 2 is 2.07 bits per heavy atom. The maximum absolute atomic E-state index is 11.1. The smallest absolute Gasteiger partial charge is 0.310 e. The molecule has 0 saturated heterocycles. The number of carboxylic acids is 1. The van der Waals surface area contributed by atoms with Gasteiger partial charge in [0.15, 0.2) is 0 Å². The van der Waals surface area contributed by atoms with Crippen molar-refractivity contribution in [2.75, 3.05) is 0 Å². The van der Waals surface area contributed by atoms with Gasteiger partial charge in [-0.05, 0) is 24.1 Å². The number of rotatable bonds is 5. The molecule has 0 amide bonds. The van der Waals surface area contributed by atoms with Gasteiger partial charge in [-0.1, -0.05) is 23.7 Å². The minimum absolute atomic E-state index is 0.243. The molecule has 0 spiro atoms. The molecule has 0 fully saturated rings. The Hall–Kier alpha value is -1.35. The molecule has 15 heavy (non-hydrogen) atoms. The van der Waals surface area contributed by atoms with Crippen molar-refractivity contribution in [3.63, 3.8) is 0 Å². The Balaban J connectivity index is 2.43. The highest BCUT2D eigenvalue weighted by Gasteiger charge is 2.07. The molecule has 0 atom stereocenters. The summed E-state index contributed by atoms with van der Waals surface area (Å²) in [6.45, 7) is 0. The predicted molar refractivity (Wildman–Crippen MR) is 57.0 cm³/mol. The maximum Gasteiger partial charge on any atom is 0.310 e. The zero-order valence-electron chi connectivity index (χ0n) is 8.07. The van der Waals surface area contributed by atoms with Crippen LogP contribution in [0.25, 0.3) is 0 Å². The number of aryl methyl sites for hydroxylation is 1. The quantitative estimate of drug-likeness (QED) is 0.784. The minimum atomic E-state index is -1.08. The third-order valence-electron chi connectivity index (χ3n) is 1.93. The van der Waals surface area contributed by atoms with E-state index < -0.39 is 12.4 Å². The normalized spacial score (nSPS) is 9.93. The minimum Gasteiger partial charge on any atom is -0.481 e. The van der Waals surface area contributed by atoms with Crippen molar-refractivity contribution in [2.45, 2.75) is 19.3 Å². The number of carbonyl (C=O) groups excluding carboxylic acids is 1. The van der Waals surface area contributed by atoms with Gasteiger partial charge < -0.3 is 5.11 Å². The molecule has 0 radical (unpaired) electrons. The summed E-state index contributed by atoms with van der Waals surface area (Å²) in [7, 11) is 0. The van der Waals surface area contributed by atoms with Gasteiger partial charge in [-0.15, -0.1) is 0 Å². The van der Waals surface area contributed by atoms with E-state index in [2.05, 4.69) is 0 Å². The second-order valence-corrected chi connectivity index (χ2v) is 3.68. The maximum atomic E-state index is 11.1. The Kier molecular flexibility index (Phi) is 4.31. The van der Waals surface area contributed by atoms with E-state index in [0.717, 1.165) is 5.56 Å². The second-order valence-electron chi connectivity index (χ2n) is 3.24. The van der Waals surface area contributed by atoms with Crippen molar-refractivity contribution in [3.8, 4) is 0 Å². The highest BCUT2D eigenvalue weighted by Crippen LogP contribution is 2.12. The Morgan fingerprint density at radius 3 is 2.67 bits per heavy atom. The molecule has 0 saturated carbocycles. The summed E-state index contributed by atoms with van der Waals surface area (Å²) in [4.78, 5) is 21.3. The third kappa shape index (κ3) is 4.61. The first-order chi connectivity index (χ1) is 7.08. The van der Waals surface area contributed by atoms with Crippen molar-refractivity contribution in [1.29, 1.82) is 0 Å².